The number of anilines is 1. The first-order chi connectivity index (χ1) is 9.54. The van der Waals surface area contributed by atoms with Crippen LogP contribution in [0.4, 0.5) is 5.69 Å². The first kappa shape index (κ1) is 14.8. The average Bonchev–Trinajstić information content (AvgIpc) is 2.84. The molecule has 0 bridgehead atoms. The van der Waals surface area contributed by atoms with Gasteiger partial charge in [-0.3, -0.25) is 9.59 Å². The second kappa shape index (κ2) is 6.71. The van der Waals surface area contributed by atoms with E-state index in [2.05, 4.69) is 27.9 Å². The Morgan fingerprint density at radius 1 is 1.35 bits per heavy atom. The zero-order valence-corrected chi connectivity index (χ0v) is 13.2. The summed E-state index contributed by atoms with van der Waals surface area (Å²) in [5.41, 5.74) is 6.21. The summed E-state index contributed by atoms with van der Waals surface area (Å²) in [7, 11) is 0. The van der Waals surface area contributed by atoms with Crippen molar-refractivity contribution in [2.75, 3.05) is 11.9 Å². The van der Waals surface area contributed by atoms with Crippen LogP contribution >= 0.6 is 33.9 Å². The maximum absolute atomic E-state index is 12.0. The third-order valence-corrected chi connectivity index (χ3v) is 4.09. The minimum Gasteiger partial charge on any atom is -0.484 e. The lowest BCUT2D eigenvalue weighted by molar-refractivity contribution is -0.119. The van der Waals surface area contributed by atoms with Gasteiger partial charge < -0.3 is 15.8 Å². The molecule has 0 unspecified atom stereocenters. The summed E-state index contributed by atoms with van der Waals surface area (Å²) in [5, 5.41) is 4.56. The number of benzene rings is 1. The first-order valence-corrected chi connectivity index (χ1v) is 7.57. The van der Waals surface area contributed by atoms with Crippen molar-refractivity contribution < 1.29 is 14.3 Å². The van der Waals surface area contributed by atoms with Crippen LogP contribution in [0, 0.1) is 2.88 Å². The predicted molar refractivity (Wildman–Crippen MR) is 86.1 cm³/mol. The van der Waals surface area contributed by atoms with Crippen molar-refractivity contribution in [1.29, 1.82) is 0 Å². The van der Waals surface area contributed by atoms with Crippen LogP contribution in [0.15, 0.2) is 35.7 Å². The molecule has 0 spiro atoms. The molecule has 20 heavy (non-hydrogen) atoms. The molecule has 0 atom stereocenters. The van der Waals surface area contributed by atoms with Gasteiger partial charge in [0.15, 0.2) is 6.61 Å². The lowest BCUT2D eigenvalue weighted by Crippen LogP contribution is -2.20. The van der Waals surface area contributed by atoms with Crippen LogP contribution in [0.3, 0.4) is 0 Å². The number of hydrogen-bond donors (Lipinski definition) is 2. The van der Waals surface area contributed by atoms with Crippen LogP contribution in [-0.2, 0) is 4.79 Å². The summed E-state index contributed by atoms with van der Waals surface area (Å²) in [6, 6.07) is 8.61. The Morgan fingerprint density at radius 3 is 2.80 bits per heavy atom. The van der Waals surface area contributed by atoms with E-state index in [1.165, 1.54) is 11.3 Å². The van der Waals surface area contributed by atoms with Crippen molar-refractivity contribution in [3.63, 3.8) is 0 Å². The van der Waals surface area contributed by atoms with E-state index in [-0.39, 0.29) is 12.5 Å². The standard InChI is InChI=1S/C13H11IN2O3S/c14-11-4-8(7-20-11)13(18)16-9-2-1-3-10(5-9)19-6-12(15)17/h1-5,7H,6H2,(H2,15,17)(H,16,18). The fraction of sp³-hybridized carbons (Fsp3) is 0.0769. The second-order valence-electron chi connectivity index (χ2n) is 3.88. The lowest BCUT2D eigenvalue weighted by atomic mass is 10.2. The number of rotatable bonds is 5. The van der Waals surface area contributed by atoms with Crippen molar-refractivity contribution in [1.82, 2.24) is 0 Å². The maximum atomic E-state index is 12.0. The number of ether oxygens (including phenoxy) is 1. The molecule has 5 nitrogen and oxygen atoms in total. The molecule has 0 fully saturated rings. The predicted octanol–water partition coefficient (Wildman–Crippen LogP) is 2.47. The molecule has 0 saturated heterocycles. The molecule has 0 aliphatic rings. The fourth-order valence-corrected chi connectivity index (χ4v) is 2.78. The fourth-order valence-electron chi connectivity index (χ4n) is 1.45. The van der Waals surface area contributed by atoms with Crippen molar-refractivity contribution >= 4 is 51.4 Å². The normalized spacial score (nSPS) is 10.1. The SMILES string of the molecule is NC(=O)COc1cccc(NC(=O)c2csc(I)c2)c1. The number of carbonyl (C=O) groups excluding carboxylic acids is 2. The molecule has 2 rings (SSSR count). The summed E-state index contributed by atoms with van der Waals surface area (Å²) in [6.45, 7) is -0.194. The first-order valence-electron chi connectivity index (χ1n) is 5.61. The lowest BCUT2D eigenvalue weighted by Gasteiger charge is -2.07. The van der Waals surface area contributed by atoms with E-state index < -0.39 is 5.91 Å². The van der Waals surface area contributed by atoms with Gasteiger partial charge in [-0.25, -0.2) is 0 Å². The van der Waals surface area contributed by atoms with Crippen LogP contribution in [-0.4, -0.2) is 18.4 Å². The van der Waals surface area contributed by atoms with Gasteiger partial charge in [0.2, 0.25) is 0 Å². The number of halogens is 1. The highest BCUT2D eigenvalue weighted by Crippen LogP contribution is 2.20. The number of thiophene rings is 1. The largest absolute Gasteiger partial charge is 0.484 e. The Balaban J connectivity index is 2.04. The molecular formula is C13H11IN2O3S. The average molecular weight is 402 g/mol. The van der Waals surface area contributed by atoms with Crippen molar-refractivity contribution in [2.24, 2.45) is 5.73 Å². The Kier molecular flexibility index (Phi) is 4.96. The number of hydrogen-bond acceptors (Lipinski definition) is 4. The summed E-state index contributed by atoms with van der Waals surface area (Å²) in [5.74, 6) is -0.259. The van der Waals surface area contributed by atoms with Crippen molar-refractivity contribution in [3.8, 4) is 5.75 Å². The van der Waals surface area contributed by atoms with E-state index in [9.17, 15) is 9.59 Å². The highest BCUT2D eigenvalue weighted by atomic mass is 127. The molecule has 0 radical (unpaired) electrons. The molecule has 1 heterocycles. The van der Waals surface area contributed by atoms with Gasteiger partial charge in [0.1, 0.15) is 5.75 Å². The molecule has 0 saturated carbocycles. The van der Waals surface area contributed by atoms with Gasteiger partial charge >= 0.3 is 0 Å². The molecule has 1 aromatic carbocycles. The molecule has 2 aromatic rings. The summed E-state index contributed by atoms with van der Waals surface area (Å²) >= 11 is 3.67. The highest BCUT2D eigenvalue weighted by molar-refractivity contribution is 14.1. The van der Waals surface area contributed by atoms with E-state index in [0.29, 0.717) is 17.0 Å². The number of primary amides is 1. The third-order valence-electron chi connectivity index (χ3n) is 2.30. The van der Waals surface area contributed by atoms with Gasteiger partial charge in [-0.1, -0.05) is 6.07 Å². The Hall–Kier alpha value is -1.61. The molecule has 0 aliphatic carbocycles. The number of carbonyl (C=O) groups is 2. The minimum absolute atomic E-state index is 0.184. The van der Waals surface area contributed by atoms with Crippen LogP contribution in [0.2, 0.25) is 0 Å². The van der Waals surface area contributed by atoms with Crippen LogP contribution < -0.4 is 15.8 Å². The molecule has 104 valence electrons. The van der Waals surface area contributed by atoms with E-state index in [1.54, 1.807) is 29.6 Å². The molecule has 7 heteroatoms. The second-order valence-corrected chi connectivity index (χ2v) is 6.68. The van der Waals surface area contributed by atoms with Gasteiger partial charge in [0.05, 0.1) is 8.45 Å². The Bertz CT molecular complexity index is 642. The third kappa shape index (κ3) is 4.20. The van der Waals surface area contributed by atoms with Gasteiger partial charge in [0.25, 0.3) is 11.8 Å². The van der Waals surface area contributed by atoms with Gasteiger partial charge in [-0.05, 0) is 40.8 Å². The molecule has 2 amide bonds. The maximum Gasteiger partial charge on any atom is 0.256 e. The minimum atomic E-state index is -0.549. The van der Waals surface area contributed by atoms with Gasteiger partial charge in [-0.2, -0.15) is 0 Å². The summed E-state index contributed by atoms with van der Waals surface area (Å²) < 4.78 is 6.22. The van der Waals surface area contributed by atoms with Crippen molar-refractivity contribution in [2.45, 2.75) is 0 Å². The van der Waals surface area contributed by atoms with Crippen LogP contribution in [0.1, 0.15) is 10.4 Å². The smallest absolute Gasteiger partial charge is 0.256 e. The Morgan fingerprint density at radius 2 is 2.15 bits per heavy atom. The number of nitrogens with one attached hydrogen (secondary N) is 1. The topological polar surface area (TPSA) is 81.4 Å². The molecule has 0 aliphatic heterocycles. The Labute approximate surface area is 133 Å². The summed E-state index contributed by atoms with van der Waals surface area (Å²) in [4.78, 5) is 22.6. The number of nitrogens with two attached hydrogens (primary N) is 1. The van der Waals surface area contributed by atoms with Gasteiger partial charge in [0, 0.05) is 17.1 Å². The van der Waals surface area contributed by atoms with Crippen LogP contribution in [0.25, 0.3) is 0 Å². The van der Waals surface area contributed by atoms with Crippen LogP contribution in [0.5, 0.6) is 5.75 Å². The van der Waals surface area contributed by atoms with E-state index in [4.69, 9.17) is 10.5 Å². The number of amides is 2. The monoisotopic (exact) mass is 402 g/mol. The van der Waals surface area contributed by atoms with Gasteiger partial charge in [-0.15, -0.1) is 11.3 Å². The van der Waals surface area contributed by atoms with Crippen molar-refractivity contribution in [3.05, 3.63) is 44.2 Å². The summed E-state index contributed by atoms with van der Waals surface area (Å²) in [6.07, 6.45) is 0. The van der Waals surface area contributed by atoms with E-state index in [1.807, 2.05) is 6.07 Å². The zero-order chi connectivity index (χ0) is 14.5. The van der Waals surface area contributed by atoms with E-state index >= 15 is 0 Å². The zero-order valence-electron chi connectivity index (χ0n) is 10.3. The van der Waals surface area contributed by atoms with E-state index in [0.717, 1.165) is 2.88 Å². The molecular weight excluding hydrogens is 391 g/mol. The molecule has 3 N–H and O–H groups in total. The molecule has 1 aromatic heterocycles. The highest BCUT2D eigenvalue weighted by Gasteiger charge is 2.08. The quantitative estimate of drug-likeness (QED) is 0.755.